The van der Waals surface area contributed by atoms with Gasteiger partial charge in [0.25, 0.3) is 0 Å². The molecule has 1 aliphatic heterocycles. The molecule has 0 radical (unpaired) electrons. The third-order valence-corrected chi connectivity index (χ3v) is 5.99. The van der Waals surface area contributed by atoms with E-state index >= 15 is 0 Å². The van der Waals surface area contributed by atoms with Crippen LogP contribution in [0.5, 0.6) is 0 Å². The van der Waals surface area contributed by atoms with Crippen LogP contribution in [0.3, 0.4) is 0 Å². The minimum absolute atomic E-state index is 0.00361. The molecule has 4 rings (SSSR count). The van der Waals surface area contributed by atoms with Crippen molar-refractivity contribution in [3.63, 3.8) is 0 Å². The number of carbonyl (C=O) groups excluding carboxylic acids is 1. The Bertz CT molecular complexity index is 1020. The molecule has 2 aromatic heterocycles. The van der Waals surface area contributed by atoms with Crippen molar-refractivity contribution in [1.29, 1.82) is 0 Å². The van der Waals surface area contributed by atoms with Crippen LogP contribution in [0.15, 0.2) is 54.9 Å². The number of nitrogens with zero attached hydrogens (tertiary/aromatic N) is 4. The maximum absolute atomic E-state index is 12.6. The molecule has 0 aliphatic carbocycles. The summed E-state index contributed by atoms with van der Waals surface area (Å²) in [5, 5.41) is 3.54. The van der Waals surface area contributed by atoms with Gasteiger partial charge in [0.15, 0.2) is 5.82 Å². The Morgan fingerprint density at radius 3 is 2.58 bits per heavy atom. The van der Waals surface area contributed by atoms with Gasteiger partial charge in [-0.3, -0.25) is 9.78 Å². The summed E-state index contributed by atoms with van der Waals surface area (Å²) in [4.78, 5) is 28.4. The van der Waals surface area contributed by atoms with Crippen LogP contribution in [-0.2, 0) is 17.8 Å². The zero-order valence-corrected chi connectivity index (χ0v) is 18.3. The Balaban J connectivity index is 1.44. The molecule has 0 spiro atoms. The van der Waals surface area contributed by atoms with Gasteiger partial charge in [-0.2, -0.15) is 0 Å². The number of rotatable bonds is 6. The van der Waals surface area contributed by atoms with Gasteiger partial charge in [0, 0.05) is 49.1 Å². The van der Waals surface area contributed by atoms with E-state index in [1.165, 1.54) is 0 Å². The van der Waals surface area contributed by atoms with E-state index in [-0.39, 0.29) is 11.8 Å². The normalized spacial score (nSPS) is 14.5. The summed E-state index contributed by atoms with van der Waals surface area (Å²) in [5.74, 6) is 1.62. The van der Waals surface area contributed by atoms with E-state index in [1.807, 2.05) is 42.5 Å². The van der Waals surface area contributed by atoms with Crippen molar-refractivity contribution in [3.05, 3.63) is 71.1 Å². The fraction of sp³-hybridized carbons (Fsp3) is 0.333. The molecule has 1 amide bonds. The van der Waals surface area contributed by atoms with E-state index in [4.69, 9.17) is 16.6 Å². The number of anilines is 1. The average molecular weight is 436 g/mol. The molecule has 3 aromatic rings. The number of benzene rings is 1. The van der Waals surface area contributed by atoms with Gasteiger partial charge < -0.3 is 10.2 Å². The first-order valence-electron chi connectivity index (χ1n) is 10.7. The van der Waals surface area contributed by atoms with Crippen LogP contribution < -0.4 is 10.2 Å². The summed E-state index contributed by atoms with van der Waals surface area (Å²) in [6, 6.07) is 13.7. The maximum atomic E-state index is 12.6. The van der Waals surface area contributed by atoms with Gasteiger partial charge in [-0.15, -0.1) is 0 Å². The third-order valence-electron chi connectivity index (χ3n) is 5.68. The molecular weight excluding hydrogens is 410 g/mol. The van der Waals surface area contributed by atoms with Crippen molar-refractivity contribution >= 4 is 23.3 Å². The number of halogens is 1. The summed E-state index contributed by atoms with van der Waals surface area (Å²) >= 11 is 6.54. The van der Waals surface area contributed by atoms with Gasteiger partial charge in [0.05, 0.1) is 0 Å². The van der Waals surface area contributed by atoms with Crippen LogP contribution in [0, 0.1) is 5.92 Å². The third kappa shape index (κ3) is 5.02. The highest BCUT2D eigenvalue weighted by atomic mass is 35.5. The molecule has 1 aliphatic rings. The molecule has 0 saturated carbocycles. The van der Waals surface area contributed by atoms with Crippen LogP contribution in [0.4, 0.5) is 5.82 Å². The minimum Gasteiger partial charge on any atom is -0.356 e. The molecule has 1 N–H and O–H groups in total. The predicted octanol–water partition coefficient (Wildman–Crippen LogP) is 4.29. The maximum Gasteiger partial charge on any atom is 0.223 e. The summed E-state index contributed by atoms with van der Waals surface area (Å²) in [6.07, 6.45) is 5.83. The molecule has 1 fully saturated rings. The molecular formula is C24H26ClN5O. The number of nitrogens with one attached hydrogen (secondary N) is 1. The van der Waals surface area contributed by atoms with Gasteiger partial charge in [-0.25, -0.2) is 9.97 Å². The van der Waals surface area contributed by atoms with E-state index in [0.29, 0.717) is 17.5 Å². The standard InChI is InChI=1S/C24H26ClN5O/c1-2-20-21(25)28-22(18-8-4-3-5-9-18)29-23(20)30-13-10-19(11-14-30)24(31)27-16-17-7-6-12-26-15-17/h3-9,12,15,19H,2,10-11,13-14,16H2,1H3,(H,27,31). The predicted molar refractivity (Wildman–Crippen MR) is 123 cm³/mol. The molecule has 0 unspecified atom stereocenters. The second-order valence-electron chi connectivity index (χ2n) is 7.70. The molecule has 1 aromatic carbocycles. The Hall–Kier alpha value is -2.99. The van der Waals surface area contributed by atoms with Gasteiger partial charge >= 0.3 is 0 Å². The van der Waals surface area contributed by atoms with Gasteiger partial charge in [-0.05, 0) is 30.9 Å². The van der Waals surface area contributed by atoms with Crippen molar-refractivity contribution in [2.45, 2.75) is 32.7 Å². The van der Waals surface area contributed by atoms with E-state index < -0.39 is 0 Å². The number of piperidine rings is 1. The van der Waals surface area contributed by atoms with Crippen LogP contribution in [0.25, 0.3) is 11.4 Å². The van der Waals surface area contributed by atoms with E-state index in [2.05, 4.69) is 27.1 Å². The molecule has 3 heterocycles. The smallest absolute Gasteiger partial charge is 0.223 e. The van der Waals surface area contributed by atoms with Gasteiger partial charge in [-0.1, -0.05) is 54.9 Å². The lowest BCUT2D eigenvalue weighted by Crippen LogP contribution is -2.41. The van der Waals surface area contributed by atoms with Crippen molar-refractivity contribution in [1.82, 2.24) is 20.3 Å². The quantitative estimate of drug-likeness (QED) is 0.585. The zero-order valence-electron chi connectivity index (χ0n) is 17.6. The molecule has 7 heteroatoms. The highest BCUT2D eigenvalue weighted by Gasteiger charge is 2.27. The second kappa shape index (κ2) is 9.88. The van der Waals surface area contributed by atoms with E-state index in [1.54, 1.807) is 12.4 Å². The first-order chi connectivity index (χ1) is 15.2. The number of aromatic nitrogens is 3. The average Bonchev–Trinajstić information content (AvgIpc) is 2.83. The Morgan fingerprint density at radius 1 is 1.13 bits per heavy atom. The SMILES string of the molecule is CCc1c(Cl)nc(-c2ccccc2)nc1N1CCC(C(=O)NCc2cccnc2)CC1. The van der Waals surface area contributed by atoms with Crippen molar-refractivity contribution in [3.8, 4) is 11.4 Å². The van der Waals surface area contributed by atoms with Crippen molar-refractivity contribution in [2.75, 3.05) is 18.0 Å². The summed E-state index contributed by atoms with van der Waals surface area (Å²) < 4.78 is 0. The minimum atomic E-state index is 0.00361. The summed E-state index contributed by atoms with van der Waals surface area (Å²) in [7, 11) is 0. The summed E-state index contributed by atoms with van der Waals surface area (Å²) in [5.41, 5.74) is 2.91. The number of carbonyl (C=O) groups is 1. The largest absolute Gasteiger partial charge is 0.356 e. The Kier molecular flexibility index (Phi) is 6.77. The molecule has 160 valence electrons. The zero-order chi connectivity index (χ0) is 21.6. The monoisotopic (exact) mass is 435 g/mol. The second-order valence-corrected chi connectivity index (χ2v) is 8.06. The van der Waals surface area contributed by atoms with E-state index in [0.717, 1.165) is 54.9 Å². The first-order valence-corrected chi connectivity index (χ1v) is 11.1. The Labute approximate surface area is 187 Å². The fourth-order valence-electron chi connectivity index (χ4n) is 3.92. The fourth-order valence-corrected chi connectivity index (χ4v) is 4.22. The van der Waals surface area contributed by atoms with Crippen LogP contribution in [0.1, 0.15) is 30.9 Å². The van der Waals surface area contributed by atoms with Gasteiger partial charge in [0.2, 0.25) is 5.91 Å². The summed E-state index contributed by atoms with van der Waals surface area (Å²) in [6.45, 7) is 4.10. The molecule has 0 atom stereocenters. The lowest BCUT2D eigenvalue weighted by atomic mass is 9.95. The van der Waals surface area contributed by atoms with Crippen LogP contribution in [0.2, 0.25) is 5.15 Å². The van der Waals surface area contributed by atoms with Gasteiger partial charge in [0.1, 0.15) is 11.0 Å². The lowest BCUT2D eigenvalue weighted by molar-refractivity contribution is -0.125. The molecule has 0 bridgehead atoms. The lowest BCUT2D eigenvalue weighted by Gasteiger charge is -2.33. The molecule has 6 nitrogen and oxygen atoms in total. The highest BCUT2D eigenvalue weighted by Crippen LogP contribution is 2.31. The highest BCUT2D eigenvalue weighted by molar-refractivity contribution is 6.30. The number of hydrogen-bond donors (Lipinski definition) is 1. The Morgan fingerprint density at radius 2 is 1.90 bits per heavy atom. The topological polar surface area (TPSA) is 71.0 Å². The van der Waals surface area contributed by atoms with Crippen LogP contribution >= 0.6 is 11.6 Å². The number of amides is 1. The van der Waals surface area contributed by atoms with Crippen molar-refractivity contribution < 1.29 is 4.79 Å². The van der Waals surface area contributed by atoms with E-state index in [9.17, 15) is 4.79 Å². The number of hydrogen-bond acceptors (Lipinski definition) is 5. The first kappa shape index (κ1) is 21.2. The number of pyridine rings is 1. The molecule has 1 saturated heterocycles. The molecule has 31 heavy (non-hydrogen) atoms. The van der Waals surface area contributed by atoms with Crippen molar-refractivity contribution in [2.24, 2.45) is 5.92 Å². The van der Waals surface area contributed by atoms with Crippen LogP contribution in [-0.4, -0.2) is 33.9 Å².